The molecule has 1 aromatic heterocycles. The third-order valence-corrected chi connectivity index (χ3v) is 6.60. The molecule has 3 aromatic rings. The lowest BCUT2D eigenvalue weighted by molar-refractivity contribution is -0.116. The Morgan fingerprint density at radius 2 is 1.90 bits per heavy atom. The van der Waals surface area contributed by atoms with Crippen LogP contribution in [0.1, 0.15) is 11.3 Å². The third kappa shape index (κ3) is 6.85. The van der Waals surface area contributed by atoms with Crippen LogP contribution in [0, 0.1) is 6.92 Å². The molecular formula is C20H17BrClN3O2S2. The van der Waals surface area contributed by atoms with Gasteiger partial charge in [-0.2, -0.15) is 0 Å². The molecule has 0 aliphatic heterocycles. The number of hydrogen-bond acceptors (Lipinski definition) is 5. The molecule has 1 heterocycles. The highest BCUT2D eigenvalue weighted by molar-refractivity contribution is 9.10. The summed E-state index contributed by atoms with van der Waals surface area (Å²) in [7, 11) is 0. The van der Waals surface area contributed by atoms with Crippen LogP contribution < -0.4 is 10.6 Å². The van der Waals surface area contributed by atoms with Crippen LogP contribution in [0.15, 0.2) is 56.7 Å². The van der Waals surface area contributed by atoms with Gasteiger partial charge in [0.15, 0.2) is 4.34 Å². The van der Waals surface area contributed by atoms with Crippen molar-refractivity contribution in [3.63, 3.8) is 0 Å². The van der Waals surface area contributed by atoms with E-state index in [4.69, 9.17) is 11.6 Å². The maximum Gasteiger partial charge on any atom is 0.234 e. The molecule has 0 radical (unpaired) electrons. The SMILES string of the molecule is Cc1cc(Br)ccc1NC(=O)Cc1csc(SCC(=O)Nc2ccc(Cl)cc2)n1. The van der Waals surface area contributed by atoms with Crippen molar-refractivity contribution >= 4 is 73.8 Å². The predicted octanol–water partition coefficient (Wildman–Crippen LogP) is 5.78. The van der Waals surface area contributed by atoms with Gasteiger partial charge in [0, 0.05) is 26.3 Å². The lowest BCUT2D eigenvalue weighted by atomic mass is 10.2. The highest BCUT2D eigenvalue weighted by Crippen LogP contribution is 2.24. The lowest BCUT2D eigenvalue weighted by Gasteiger charge is -2.08. The van der Waals surface area contributed by atoms with E-state index in [1.165, 1.54) is 23.1 Å². The first-order chi connectivity index (χ1) is 13.9. The Balaban J connectivity index is 1.48. The first-order valence-corrected chi connectivity index (χ1v) is 11.6. The molecule has 0 bridgehead atoms. The molecule has 2 amide bonds. The average Bonchev–Trinajstić information content (AvgIpc) is 3.11. The highest BCUT2D eigenvalue weighted by Gasteiger charge is 2.11. The number of amides is 2. The van der Waals surface area contributed by atoms with Crippen LogP contribution in [0.4, 0.5) is 11.4 Å². The number of nitrogens with zero attached hydrogens (tertiary/aromatic N) is 1. The lowest BCUT2D eigenvalue weighted by Crippen LogP contribution is -2.15. The van der Waals surface area contributed by atoms with Gasteiger partial charge in [0.05, 0.1) is 17.9 Å². The number of hydrogen-bond donors (Lipinski definition) is 2. The predicted molar refractivity (Wildman–Crippen MR) is 124 cm³/mol. The number of benzene rings is 2. The van der Waals surface area contributed by atoms with Gasteiger partial charge in [0.25, 0.3) is 0 Å². The molecule has 0 aliphatic carbocycles. The first-order valence-electron chi connectivity index (χ1n) is 8.57. The third-order valence-electron chi connectivity index (χ3n) is 3.79. The van der Waals surface area contributed by atoms with Crippen LogP contribution >= 0.6 is 50.6 Å². The zero-order valence-corrected chi connectivity index (χ0v) is 19.3. The van der Waals surface area contributed by atoms with Gasteiger partial charge in [-0.1, -0.05) is 39.3 Å². The Morgan fingerprint density at radius 3 is 2.62 bits per heavy atom. The summed E-state index contributed by atoms with van der Waals surface area (Å²) in [5.74, 6) is -0.0184. The molecule has 150 valence electrons. The number of halogens is 2. The Bertz CT molecular complexity index is 1020. The van der Waals surface area contributed by atoms with Gasteiger partial charge in [-0.15, -0.1) is 11.3 Å². The molecule has 0 fully saturated rings. The second-order valence-electron chi connectivity index (χ2n) is 6.13. The number of carbonyl (C=O) groups is 2. The summed E-state index contributed by atoms with van der Waals surface area (Å²) in [6.45, 7) is 1.94. The molecule has 0 unspecified atom stereocenters. The topological polar surface area (TPSA) is 71.1 Å². The summed E-state index contributed by atoms with van der Waals surface area (Å²) >= 11 is 12.0. The standard InChI is InChI=1S/C20H17BrClN3O2S2/c1-12-8-13(21)2-7-17(12)25-18(26)9-16-10-28-20(24-16)29-11-19(27)23-15-5-3-14(22)4-6-15/h2-8,10H,9,11H2,1H3,(H,23,27)(H,25,26). The molecule has 0 atom stereocenters. The van der Waals surface area contributed by atoms with Crippen molar-refractivity contribution in [3.05, 3.63) is 68.6 Å². The van der Waals surface area contributed by atoms with Crippen LogP contribution in [-0.2, 0) is 16.0 Å². The Kier molecular flexibility index (Phi) is 7.71. The molecule has 9 heteroatoms. The number of thioether (sulfide) groups is 1. The molecule has 3 rings (SSSR count). The summed E-state index contributed by atoms with van der Waals surface area (Å²) in [4.78, 5) is 28.8. The number of thiazole rings is 1. The van der Waals surface area contributed by atoms with Crippen molar-refractivity contribution in [1.29, 1.82) is 0 Å². The van der Waals surface area contributed by atoms with E-state index in [0.29, 0.717) is 16.4 Å². The number of rotatable bonds is 7. The number of aromatic nitrogens is 1. The van der Waals surface area contributed by atoms with Crippen molar-refractivity contribution in [2.24, 2.45) is 0 Å². The first kappa shape index (κ1) is 21.8. The van der Waals surface area contributed by atoms with E-state index in [-0.39, 0.29) is 24.0 Å². The van der Waals surface area contributed by atoms with Gasteiger partial charge in [-0.3, -0.25) is 9.59 Å². The Labute approximate surface area is 190 Å². The fraction of sp³-hybridized carbons (Fsp3) is 0.150. The minimum atomic E-state index is -0.127. The van der Waals surface area contributed by atoms with Gasteiger partial charge in [-0.05, 0) is 55.0 Å². The van der Waals surface area contributed by atoms with Crippen LogP contribution in [0.3, 0.4) is 0 Å². The van der Waals surface area contributed by atoms with Crippen LogP contribution in [0.5, 0.6) is 0 Å². The van der Waals surface area contributed by atoms with E-state index in [9.17, 15) is 9.59 Å². The fourth-order valence-electron chi connectivity index (χ4n) is 2.42. The van der Waals surface area contributed by atoms with E-state index >= 15 is 0 Å². The summed E-state index contributed by atoms with van der Waals surface area (Å²) in [6.07, 6.45) is 0.184. The monoisotopic (exact) mass is 509 g/mol. The summed E-state index contributed by atoms with van der Waals surface area (Å²) in [5.41, 5.74) is 3.14. The van der Waals surface area contributed by atoms with Crippen molar-refractivity contribution in [2.75, 3.05) is 16.4 Å². The van der Waals surface area contributed by atoms with Gasteiger partial charge < -0.3 is 10.6 Å². The summed E-state index contributed by atoms with van der Waals surface area (Å²) in [6, 6.07) is 12.6. The highest BCUT2D eigenvalue weighted by atomic mass is 79.9. The second kappa shape index (κ2) is 10.2. The molecule has 0 spiro atoms. The number of anilines is 2. The second-order valence-corrected chi connectivity index (χ2v) is 9.57. The van der Waals surface area contributed by atoms with E-state index in [1.54, 1.807) is 24.3 Å². The van der Waals surface area contributed by atoms with Crippen LogP contribution in [-0.4, -0.2) is 22.6 Å². The molecule has 5 nitrogen and oxygen atoms in total. The average molecular weight is 511 g/mol. The largest absolute Gasteiger partial charge is 0.326 e. The molecule has 29 heavy (non-hydrogen) atoms. The van der Waals surface area contributed by atoms with Crippen LogP contribution in [0.25, 0.3) is 0 Å². The molecule has 0 saturated heterocycles. The smallest absolute Gasteiger partial charge is 0.234 e. The van der Waals surface area contributed by atoms with Crippen molar-refractivity contribution in [1.82, 2.24) is 4.98 Å². The van der Waals surface area contributed by atoms with Gasteiger partial charge in [-0.25, -0.2) is 4.98 Å². The summed E-state index contributed by atoms with van der Waals surface area (Å²) < 4.78 is 1.72. The number of nitrogens with one attached hydrogen (secondary N) is 2. The number of aryl methyl sites for hydroxylation is 1. The molecular weight excluding hydrogens is 494 g/mol. The van der Waals surface area contributed by atoms with E-state index in [2.05, 4.69) is 31.5 Å². The quantitative estimate of drug-likeness (QED) is 0.395. The van der Waals surface area contributed by atoms with E-state index in [1.807, 2.05) is 30.5 Å². The Morgan fingerprint density at radius 1 is 1.14 bits per heavy atom. The molecule has 2 N–H and O–H groups in total. The van der Waals surface area contributed by atoms with Crippen LogP contribution in [0.2, 0.25) is 5.02 Å². The van der Waals surface area contributed by atoms with E-state index in [0.717, 1.165) is 20.1 Å². The Hall–Kier alpha value is -1.87. The maximum absolute atomic E-state index is 12.3. The zero-order valence-electron chi connectivity index (χ0n) is 15.4. The van der Waals surface area contributed by atoms with Gasteiger partial charge >= 0.3 is 0 Å². The zero-order chi connectivity index (χ0) is 20.8. The molecule has 0 saturated carbocycles. The normalized spacial score (nSPS) is 10.6. The maximum atomic E-state index is 12.3. The van der Waals surface area contributed by atoms with E-state index < -0.39 is 0 Å². The van der Waals surface area contributed by atoms with Crippen molar-refractivity contribution < 1.29 is 9.59 Å². The fourth-order valence-corrected chi connectivity index (χ4v) is 4.67. The van der Waals surface area contributed by atoms with Gasteiger partial charge in [0.1, 0.15) is 0 Å². The molecule has 0 aliphatic rings. The van der Waals surface area contributed by atoms with Crippen molar-refractivity contribution in [3.8, 4) is 0 Å². The number of carbonyl (C=O) groups excluding carboxylic acids is 2. The van der Waals surface area contributed by atoms with Gasteiger partial charge in [0.2, 0.25) is 11.8 Å². The van der Waals surface area contributed by atoms with Crippen molar-refractivity contribution in [2.45, 2.75) is 17.7 Å². The minimum absolute atomic E-state index is 0.127. The summed E-state index contributed by atoms with van der Waals surface area (Å²) in [5, 5.41) is 8.17. The minimum Gasteiger partial charge on any atom is -0.326 e. The molecule has 2 aromatic carbocycles.